The number of aliphatic hydroxyl groups is 1. The van der Waals surface area contributed by atoms with Crippen molar-refractivity contribution in [2.45, 2.75) is 12.5 Å². The molecule has 24 heavy (non-hydrogen) atoms. The predicted octanol–water partition coefficient (Wildman–Crippen LogP) is 3.58. The topological polar surface area (TPSA) is 72.3 Å². The Morgan fingerprint density at radius 3 is 2.75 bits per heavy atom. The average molecular weight is 400 g/mol. The zero-order valence-corrected chi connectivity index (χ0v) is 14.6. The molecule has 1 unspecified atom stereocenters. The maximum Gasteiger partial charge on any atom is 0.272 e. The predicted molar refractivity (Wildman–Crippen MR) is 89.8 cm³/mol. The van der Waals surface area contributed by atoms with E-state index in [0.717, 1.165) is 0 Å². The molecule has 0 saturated carbocycles. The van der Waals surface area contributed by atoms with Crippen LogP contribution in [-0.2, 0) is 0 Å². The first-order valence-electron chi connectivity index (χ1n) is 7.01. The van der Waals surface area contributed by atoms with Crippen LogP contribution in [0.1, 0.15) is 11.8 Å². The molecule has 1 atom stereocenters. The zero-order chi connectivity index (χ0) is 17.9. The summed E-state index contributed by atoms with van der Waals surface area (Å²) < 4.78 is 30.1. The Bertz CT molecular complexity index is 796. The van der Waals surface area contributed by atoms with E-state index in [1.165, 1.54) is 6.20 Å². The SMILES string of the molecule is CN(C)/C=C(\C#N)C(O)c1cc2cc(OCC(F)F)c(Br)cc2[nH]1. The van der Waals surface area contributed by atoms with Gasteiger partial charge in [-0.05, 0) is 34.1 Å². The summed E-state index contributed by atoms with van der Waals surface area (Å²) in [5.74, 6) is 0.284. The maximum atomic E-state index is 12.3. The number of nitrogens with zero attached hydrogens (tertiary/aromatic N) is 2. The van der Waals surface area contributed by atoms with Crippen LogP contribution in [0, 0.1) is 11.3 Å². The van der Waals surface area contributed by atoms with Gasteiger partial charge in [-0.2, -0.15) is 5.26 Å². The Morgan fingerprint density at radius 1 is 1.46 bits per heavy atom. The minimum absolute atomic E-state index is 0.180. The highest BCUT2D eigenvalue weighted by Crippen LogP contribution is 2.33. The van der Waals surface area contributed by atoms with Gasteiger partial charge in [-0.3, -0.25) is 0 Å². The van der Waals surface area contributed by atoms with Crippen molar-refractivity contribution in [3.8, 4) is 11.8 Å². The Labute approximate surface area is 146 Å². The third-order valence-electron chi connectivity index (χ3n) is 3.17. The second-order valence-electron chi connectivity index (χ2n) is 5.36. The molecule has 0 aliphatic carbocycles. The molecule has 2 aromatic rings. The van der Waals surface area contributed by atoms with Crippen LogP contribution in [0.5, 0.6) is 5.75 Å². The van der Waals surface area contributed by atoms with Crippen molar-refractivity contribution in [2.24, 2.45) is 0 Å². The van der Waals surface area contributed by atoms with Crippen molar-refractivity contribution in [1.82, 2.24) is 9.88 Å². The van der Waals surface area contributed by atoms with Gasteiger partial charge in [0.1, 0.15) is 18.5 Å². The molecule has 0 radical (unpaired) electrons. The monoisotopic (exact) mass is 399 g/mol. The highest BCUT2D eigenvalue weighted by atomic mass is 79.9. The molecular formula is C16H16BrF2N3O2. The van der Waals surface area contributed by atoms with Crippen molar-refractivity contribution in [2.75, 3.05) is 20.7 Å². The van der Waals surface area contributed by atoms with Crippen LogP contribution in [0.4, 0.5) is 8.78 Å². The van der Waals surface area contributed by atoms with Crippen LogP contribution >= 0.6 is 15.9 Å². The van der Waals surface area contributed by atoms with E-state index in [2.05, 4.69) is 20.9 Å². The fourth-order valence-electron chi connectivity index (χ4n) is 2.17. The number of halogens is 3. The Kier molecular flexibility index (Phi) is 5.80. The number of aromatic nitrogens is 1. The van der Waals surface area contributed by atoms with Crippen molar-refractivity contribution >= 4 is 26.8 Å². The smallest absolute Gasteiger partial charge is 0.272 e. The second-order valence-corrected chi connectivity index (χ2v) is 6.21. The van der Waals surface area contributed by atoms with Gasteiger partial charge in [-0.25, -0.2) is 8.78 Å². The van der Waals surface area contributed by atoms with Crippen LogP contribution in [0.3, 0.4) is 0 Å². The quantitative estimate of drug-likeness (QED) is 0.728. The van der Waals surface area contributed by atoms with Gasteiger partial charge in [0.05, 0.1) is 21.8 Å². The summed E-state index contributed by atoms with van der Waals surface area (Å²) in [7, 11) is 3.50. The van der Waals surface area contributed by atoms with E-state index in [1.807, 2.05) is 6.07 Å². The van der Waals surface area contributed by atoms with Gasteiger partial charge in [0.15, 0.2) is 0 Å². The maximum absolute atomic E-state index is 12.3. The van der Waals surface area contributed by atoms with Crippen molar-refractivity contribution in [1.29, 1.82) is 5.26 Å². The number of hydrogen-bond acceptors (Lipinski definition) is 4. The molecule has 0 amide bonds. The van der Waals surface area contributed by atoms with E-state index in [0.29, 0.717) is 21.1 Å². The van der Waals surface area contributed by atoms with Crippen LogP contribution in [0.2, 0.25) is 0 Å². The molecule has 0 spiro atoms. The standard InChI is InChI=1S/C16H16BrF2N3O2/c1-22(2)7-10(6-20)16(23)13-3-9-4-14(24-8-15(18)19)11(17)5-12(9)21-13/h3-5,7,15-16,21,23H,8H2,1-2H3/b10-7+. The van der Waals surface area contributed by atoms with Crippen LogP contribution in [-0.4, -0.2) is 42.1 Å². The van der Waals surface area contributed by atoms with Gasteiger partial charge in [0.2, 0.25) is 0 Å². The first-order valence-corrected chi connectivity index (χ1v) is 7.80. The van der Waals surface area contributed by atoms with E-state index in [1.54, 1.807) is 37.2 Å². The number of aliphatic hydroxyl groups excluding tert-OH is 1. The molecule has 0 bridgehead atoms. The molecule has 128 valence electrons. The fourth-order valence-corrected chi connectivity index (χ4v) is 2.63. The highest BCUT2D eigenvalue weighted by molar-refractivity contribution is 9.10. The summed E-state index contributed by atoms with van der Waals surface area (Å²) in [4.78, 5) is 4.69. The first kappa shape index (κ1) is 18.2. The number of H-pyrrole nitrogens is 1. The highest BCUT2D eigenvalue weighted by Gasteiger charge is 2.17. The van der Waals surface area contributed by atoms with E-state index < -0.39 is 19.1 Å². The summed E-state index contributed by atoms with van der Waals surface area (Å²) in [6.07, 6.45) is -2.15. The molecule has 0 fully saturated rings. The first-order chi connectivity index (χ1) is 11.3. The van der Waals surface area contributed by atoms with E-state index >= 15 is 0 Å². The van der Waals surface area contributed by atoms with Crippen molar-refractivity contribution in [3.05, 3.63) is 40.1 Å². The van der Waals surface area contributed by atoms with Crippen molar-refractivity contribution in [3.63, 3.8) is 0 Å². The average Bonchev–Trinajstić information content (AvgIpc) is 2.91. The molecular weight excluding hydrogens is 384 g/mol. The van der Waals surface area contributed by atoms with Gasteiger partial charge in [0, 0.05) is 31.2 Å². The third kappa shape index (κ3) is 4.24. The Balaban J connectivity index is 2.36. The Hall–Kier alpha value is -2.11. The Morgan fingerprint density at radius 2 is 2.17 bits per heavy atom. The second kappa shape index (κ2) is 7.64. The van der Waals surface area contributed by atoms with Crippen LogP contribution in [0.25, 0.3) is 10.9 Å². The van der Waals surface area contributed by atoms with Gasteiger partial charge < -0.3 is 19.7 Å². The normalized spacial score (nSPS) is 13.2. The summed E-state index contributed by atoms with van der Waals surface area (Å²) in [6, 6.07) is 6.89. The lowest BCUT2D eigenvalue weighted by Crippen LogP contribution is -2.07. The number of alkyl halides is 2. The fraction of sp³-hybridized carbons (Fsp3) is 0.312. The van der Waals surface area contributed by atoms with Gasteiger partial charge in [-0.1, -0.05) is 0 Å². The molecule has 1 aromatic carbocycles. The number of hydrogen-bond donors (Lipinski definition) is 2. The number of fused-ring (bicyclic) bond motifs is 1. The van der Waals surface area contributed by atoms with E-state index in [9.17, 15) is 19.1 Å². The summed E-state index contributed by atoms with van der Waals surface area (Å²) >= 11 is 3.27. The van der Waals surface area contributed by atoms with E-state index in [4.69, 9.17) is 4.74 Å². The molecule has 8 heteroatoms. The summed E-state index contributed by atoms with van der Waals surface area (Å²) in [5.41, 5.74) is 1.29. The van der Waals surface area contributed by atoms with Crippen molar-refractivity contribution < 1.29 is 18.6 Å². The number of ether oxygens (including phenoxy) is 1. The number of benzene rings is 1. The van der Waals surface area contributed by atoms with Gasteiger partial charge in [0.25, 0.3) is 6.43 Å². The molecule has 0 aliphatic rings. The molecule has 1 heterocycles. The molecule has 0 saturated heterocycles. The lowest BCUT2D eigenvalue weighted by Gasteiger charge is -2.11. The minimum Gasteiger partial charge on any atom is -0.486 e. The molecule has 5 nitrogen and oxygen atoms in total. The van der Waals surface area contributed by atoms with Gasteiger partial charge in [-0.15, -0.1) is 0 Å². The molecule has 2 rings (SSSR count). The number of nitrogens with one attached hydrogen (secondary N) is 1. The summed E-state index contributed by atoms with van der Waals surface area (Å²) in [5, 5.41) is 20.2. The van der Waals surface area contributed by atoms with Gasteiger partial charge >= 0.3 is 0 Å². The third-order valence-corrected chi connectivity index (χ3v) is 3.79. The van der Waals surface area contributed by atoms with E-state index in [-0.39, 0.29) is 11.3 Å². The molecule has 0 aliphatic heterocycles. The van der Waals surface area contributed by atoms with Crippen LogP contribution < -0.4 is 4.74 Å². The summed E-state index contributed by atoms with van der Waals surface area (Å²) in [6.45, 7) is -0.700. The number of rotatable bonds is 6. The molecule has 1 aromatic heterocycles. The lowest BCUT2D eigenvalue weighted by atomic mass is 10.1. The zero-order valence-electron chi connectivity index (χ0n) is 13.1. The number of nitriles is 1. The molecule has 2 N–H and O–H groups in total. The minimum atomic E-state index is -2.56. The van der Waals surface area contributed by atoms with Crippen LogP contribution in [0.15, 0.2) is 34.4 Å². The lowest BCUT2D eigenvalue weighted by molar-refractivity contribution is 0.0816. The number of aromatic amines is 1. The largest absolute Gasteiger partial charge is 0.486 e.